The number of carbonyl (C=O) groups excluding carboxylic acids is 2. The number of amides is 2. The average Bonchev–Trinajstić information content (AvgIpc) is 3.02. The summed E-state index contributed by atoms with van der Waals surface area (Å²) >= 11 is 3.45. The minimum atomic E-state index is -4.31. The van der Waals surface area contributed by atoms with Gasteiger partial charge in [-0.3, -0.25) is 13.9 Å². The lowest BCUT2D eigenvalue weighted by atomic mass is 10.0. The van der Waals surface area contributed by atoms with Gasteiger partial charge in [-0.25, -0.2) is 12.8 Å². The number of sulfonamides is 1. The van der Waals surface area contributed by atoms with Gasteiger partial charge in [0, 0.05) is 24.5 Å². The molecule has 11 heteroatoms. The normalized spacial score (nSPS) is 11.8. The van der Waals surface area contributed by atoms with E-state index in [9.17, 15) is 22.4 Å². The van der Waals surface area contributed by atoms with Gasteiger partial charge >= 0.3 is 0 Å². The molecule has 0 spiro atoms. The Bertz CT molecular complexity index is 1650. The molecule has 0 aromatic heterocycles. The van der Waals surface area contributed by atoms with Gasteiger partial charge < -0.3 is 15.0 Å². The Balaban J connectivity index is 1.78. The Hall–Kier alpha value is -4.22. The summed E-state index contributed by atoms with van der Waals surface area (Å²) in [6.07, 6.45) is 0.196. The van der Waals surface area contributed by atoms with Gasteiger partial charge in [0.25, 0.3) is 10.0 Å². The summed E-state index contributed by atoms with van der Waals surface area (Å²) in [5, 5.41) is 2.65. The van der Waals surface area contributed by atoms with E-state index in [-0.39, 0.29) is 23.5 Å². The average molecular weight is 669 g/mol. The molecule has 0 aliphatic heterocycles. The first-order chi connectivity index (χ1) is 20.6. The molecule has 0 fully saturated rings. The van der Waals surface area contributed by atoms with Crippen LogP contribution in [0.2, 0.25) is 0 Å². The van der Waals surface area contributed by atoms with Gasteiger partial charge in [0.1, 0.15) is 24.2 Å². The Morgan fingerprint density at radius 3 is 2.16 bits per heavy atom. The van der Waals surface area contributed by atoms with Crippen LogP contribution in [-0.2, 0) is 32.6 Å². The quantitative estimate of drug-likeness (QED) is 0.225. The largest absolute Gasteiger partial charge is 0.497 e. The summed E-state index contributed by atoms with van der Waals surface area (Å²) in [7, 11) is -1.36. The number of halogens is 2. The molecule has 1 atom stereocenters. The van der Waals surface area contributed by atoms with Gasteiger partial charge in [-0.15, -0.1) is 0 Å². The number of anilines is 1. The van der Waals surface area contributed by atoms with E-state index in [0.29, 0.717) is 5.75 Å². The molecule has 0 heterocycles. The molecule has 0 saturated carbocycles. The van der Waals surface area contributed by atoms with Crippen LogP contribution >= 0.6 is 15.9 Å². The van der Waals surface area contributed by atoms with Crippen molar-refractivity contribution >= 4 is 43.5 Å². The highest BCUT2D eigenvalue weighted by Crippen LogP contribution is 2.27. The van der Waals surface area contributed by atoms with Crippen LogP contribution in [0.15, 0.2) is 112 Å². The third-order valence-electron chi connectivity index (χ3n) is 6.80. The molecule has 43 heavy (non-hydrogen) atoms. The van der Waals surface area contributed by atoms with Crippen LogP contribution in [0, 0.1) is 5.82 Å². The maximum Gasteiger partial charge on any atom is 0.264 e. The van der Waals surface area contributed by atoms with Gasteiger partial charge in [0.05, 0.1) is 17.7 Å². The molecule has 8 nitrogen and oxygen atoms in total. The van der Waals surface area contributed by atoms with E-state index in [1.54, 1.807) is 0 Å². The van der Waals surface area contributed by atoms with E-state index in [2.05, 4.69) is 21.2 Å². The molecule has 4 rings (SSSR count). The van der Waals surface area contributed by atoms with Crippen LogP contribution in [0.5, 0.6) is 5.75 Å². The number of ether oxygens (including phenoxy) is 1. The van der Waals surface area contributed by atoms with Crippen molar-refractivity contribution in [3.8, 4) is 5.75 Å². The predicted octanol–water partition coefficient (Wildman–Crippen LogP) is 5.18. The number of nitrogens with zero attached hydrogens (tertiary/aromatic N) is 2. The maximum atomic E-state index is 14.2. The van der Waals surface area contributed by atoms with Gasteiger partial charge in [-0.1, -0.05) is 58.4 Å². The number of carbonyl (C=O) groups is 2. The molecule has 0 aliphatic carbocycles. The lowest BCUT2D eigenvalue weighted by molar-refractivity contribution is -0.139. The molecule has 0 unspecified atom stereocenters. The van der Waals surface area contributed by atoms with Crippen molar-refractivity contribution < 1.29 is 27.1 Å². The van der Waals surface area contributed by atoms with Gasteiger partial charge in [-0.05, 0) is 71.8 Å². The number of hydrogen-bond acceptors (Lipinski definition) is 5. The SMILES string of the molecule is CNC(=O)[C@@H](Cc1ccccc1)N(Cc1cccc(Br)c1)C(=O)CN(c1ccc(F)cc1)S(=O)(=O)c1ccc(OC)cc1. The molecular formula is C32H31BrFN3O5S. The van der Waals surface area contributed by atoms with E-state index < -0.39 is 40.2 Å². The molecule has 0 aliphatic rings. The maximum absolute atomic E-state index is 14.2. The number of likely N-dealkylation sites (N-methyl/N-ethyl adjacent to an activating group) is 1. The zero-order valence-corrected chi connectivity index (χ0v) is 26.0. The smallest absolute Gasteiger partial charge is 0.264 e. The van der Waals surface area contributed by atoms with Crippen molar-refractivity contribution in [2.24, 2.45) is 0 Å². The highest BCUT2D eigenvalue weighted by Gasteiger charge is 2.34. The first-order valence-corrected chi connectivity index (χ1v) is 15.6. The fourth-order valence-corrected chi connectivity index (χ4v) is 6.42. The monoisotopic (exact) mass is 667 g/mol. The topological polar surface area (TPSA) is 96.0 Å². The lowest BCUT2D eigenvalue weighted by Gasteiger charge is -2.33. The second-order valence-corrected chi connectivity index (χ2v) is 12.4. The third kappa shape index (κ3) is 7.99. The van der Waals surface area contributed by atoms with Crippen LogP contribution in [0.1, 0.15) is 11.1 Å². The van der Waals surface area contributed by atoms with Gasteiger partial charge in [0.2, 0.25) is 11.8 Å². The predicted molar refractivity (Wildman–Crippen MR) is 167 cm³/mol. The fraction of sp³-hybridized carbons (Fsp3) is 0.188. The van der Waals surface area contributed by atoms with Crippen molar-refractivity contribution in [1.82, 2.24) is 10.2 Å². The number of nitrogens with one attached hydrogen (secondary N) is 1. The van der Waals surface area contributed by atoms with Crippen LogP contribution < -0.4 is 14.4 Å². The number of methoxy groups -OCH3 is 1. The van der Waals surface area contributed by atoms with Gasteiger partial charge in [0.15, 0.2) is 0 Å². The Labute approximate surface area is 259 Å². The van der Waals surface area contributed by atoms with Gasteiger partial charge in [-0.2, -0.15) is 0 Å². The number of rotatable bonds is 12. The minimum Gasteiger partial charge on any atom is -0.497 e. The highest BCUT2D eigenvalue weighted by atomic mass is 79.9. The molecule has 0 radical (unpaired) electrons. The summed E-state index contributed by atoms with van der Waals surface area (Å²) in [5.41, 5.74) is 1.65. The molecule has 224 valence electrons. The molecule has 2 amide bonds. The van der Waals surface area contributed by atoms with Crippen molar-refractivity contribution in [2.45, 2.75) is 23.9 Å². The summed E-state index contributed by atoms with van der Waals surface area (Å²) in [6, 6.07) is 26.2. The number of benzene rings is 4. The van der Waals surface area contributed by atoms with E-state index in [0.717, 1.165) is 32.0 Å². The van der Waals surface area contributed by atoms with Crippen molar-refractivity contribution in [1.29, 1.82) is 0 Å². The first kappa shape index (κ1) is 31.7. The second-order valence-electron chi connectivity index (χ2n) is 9.63. The summed E-state index contributed by atoms with van der Waals surface area (Å²) < 4.78 is 48.6. The zero-order valence-electron chi connectivity index (χ0n) is 23.6. The lowest BCUT2D eigenvalue weighted by Crippen LogP contribution is -2.53. The summed E-state index contributed by atoms with van der Waals surface area (Å²) in [5.74, 6) is -1.13. The van der Waals surface area contributed by atoms with Crippen molar-refractivity contribution in [3.63, 3.8) is 0 Å². The van der Waals surface area contributed by atoms with Crippen LogP contribution in [0.3, 0.4) is 0 Å². The molecule has 4 aromatic carbocycles. The zero-order chi connectivity index (χ0) is 31.0. The summed E-state index contributed by atoms with van der Waals surface area (Å²) in [4.78, 5) is 28.8. The standard InChI is InChI=1S/C32H31BrFN3O5S/c1-35-32(39)30(20-23-7-4-3-5-8-23)36(21-24-9-6-10-25(33)19-24)31(38)22-37(27-13-11-26(34)12-14-27)43(40,41)29-17-15-28(42-2)16-18-29/h3-19,30H,20-22H2,1-2H3,(H,35,39)/t30-/m1/s1. The van der Waals surface area contributed by atoms with E-state index >= 15 is 0 Å². The first-order valence-electron chi connectivity index (χ1n) is 13.3. The number of hydrogen-bond donors (Lipinski definition) is 1. The van der Waals surface area contributed by atoms with Crippen molar-refractivity contribution in [3.05, 3.63) is 125 Å². The van der Waals surface area contributed by atoms with Crippen LogP contribution in [0.4, 0.5) is 10.1 Å². The molecule has 0 bridgehead atoms. The molecular weight excluding hydrogens is 637 g/mol. The molecule has 1 N–H and O–H groups in total. The fourth-order valence-electron chi connectivity index (χ4n) is 4.56. The Morgan fingerprint density at radius 1 is 0.907 bits per heavy atom. The Kier molecular flexibility index (Phi) is 10.5. The molecule has 0 saturated heterocycles. The van der Waals surface area contributed by atoms with E-state index in [1.807, 2.05) is 54.6 Å². The third-order valence-corrected chi connectivity index (χ3v) is 9.08. The Morgan fingerprint density at radius 2 is 1.56 bits per heavy atom. The minimum absolute atomic E-state index is 0.0308. The van der Waals surface area contributed by atoms with E-state index in [4.69, 9.17) is 4.74 Å². The molecule has 4 aromatic rings. The second kappa shape index (κ2) is 14.3. The van der Waals surface area contributed by atoms with Crippen molar-refractivity contribution in [2.75, 3.05) is 25.0 Å². The summed E-state index contributed by atoms with van der Waals surface area (Å²) in [6.45, 7) is -0.612. The van der Waals surface area contributed by atoms with E-state index in [1.165, 1.54) is 55.5 Å². The van der Waals surface area contributed by atoms with Crippen LogP contribution in [-0.4, -0.2) is 51.9 Å². The highest BCUT2D eigenvalue weighted by molar-refractivity contribution is 9.10. The van der Waals surface area contributed by atoms with Crippen LogP contribution in [0.25, 0.3) is 0 Å².